The summed E-state index contributed by atoms with van der Waals surface area (Å²) in [4.78, 5) is 12.8. The fraction of sp³-hybridized carbons (Fsp3) is 0.136. The first-order valence-electron chi connectivity index (χ1n) is 9.26. The van der Waals surface area contributed by atoms with Crippen LogP contribution in [0, 0.1) is 0 Å². The van der Waals surface area contributed by atoms with Gasteiger partial charge in [0.05, 0.1) is 13.7 Å². The molecule has 7 nitrogen and oxygen atoms in total. The molecule has 0 aliphatic carbocycles. The van der Waals surface area contributed by atoms with E-state index in [1.165, 1.54) is 0 Å². The van der Waals surface area contributed by atoms with E-state index in [9.17, 15) is 4.79 Å². The van der Waals surface area contributed by atoms with Gasteiger partial charge in [-0.15, -0.1) is 5.10 Å². The second-order valence-corrected chi connectivity index (χ2v) is 6.53. The van der Waals surface area contributed by atoms with Crippen LogP contribution in [0.1, 0.15) is 21.6 Å². The first-order chi connectivity index (χ1) is 14.2. The quantitative estimate of drug-likeness (QED) is 0.529. The second-order valence-electron chi connectivity index (χ2n) is 6.53. The highest BCUT2D eigenvalue weighted by Crippen LogP contribution is 2.17. The second kappa shape index (κ2) is 8.43. The molecule has 0 spiro atoms. The van der Waals surface area contributed by atoms with Crippen LogP contribution in [-0.4, -0.2) is 32.6 Å². The molecular weight excluding hydrogens is 366 g/mol. The Labute approximate surface area is 168 Å². The maximum absolute atomic E-state index is 12.8. The molecule has 0 unspecified atom stereocenters. The molecule has 146 valence electrons. The zero-order valence-corrected chi connectivity index (χ0v) is 16.0. The molecule has 0 radical (unpaired) electrons. The highest BCUT2D eigenvalue weighted by molar-refractivity contribution is 5.95. The molecule has 2 aromatic carbocycles. The molecule has 0 aliphatic heterocycles. The van der Waals surface area contributed by atoms with E-state index in [-0.39, 0.29) is 11.6 Å². The van der Waals surface area contributed by atoms with E-state index in [1.54, 1.807) is 11.8 Å². The van der Waals surface area contributed by atoms with Crippen molar-refractivity contribution >= 4 is 5.91 Å². The molecular formula is C22H21N5O2. The minimum atomic E-state index is -0.265. The zero-order chi connectivity index (χ0) is 20.1. The van der Waals surface area contributed by atoms with Gasteiger partial charge in [-0.3, -0.25) is 4.79 Å². The normalized spacial score (nSPS) is 10.7. The average Bonchev–Trinajstić information content (AvgIpc) is 3.43. The van der Waals surface area contributed by atoms with Crippen molar-refractivity contribution < 1.29 is 9.53 Å². The number of carbonyl (C=O) groups excluding carboxylic acids is 1. The molecule has 0 bridgehead atoms. The topological polar surface area (TPSA) is 74.0 Å². The summed E-state index contributed by atoms with van der Waals surface area (Å²) >= 11 is 0. The first-order valence-corrected chi connectivity index (χ1v) is 9.26. The van der Waals surface area contributed by atoms with Crippen LogP contribution in [0.2, 0.25) is 0 Å². The highest BCUT2D eigenvalue weighted by atomic mass is 16.5. The maximum atomic E-state index is 12.8. The Morgan fingerprint density at radius 1 is 0.966 bits per heavy atom. The Kier molecular flexibility index (Phi) is 5.38. The molecule has 29 heavy (non-hydrogen) atoms. The van der Waals surface area contributed by atoms with Crippen molar-refractivity contribution in [2.75, 3.05) is 7.11 Å². The van der Waals surface area contributed by atoms with E-state index in [1.807, 2.05) is 83.7 Å². The van der Waals surface area contributed by atoms with Gasteiger partial charge in [0.15, 0.2) is 11.5 Å². The van der Waals surface area contributed by atoms with Crippen LogP contribution in [-0.2, 0) is 13.1 Å². The lowest BCUT2D eigenvalue weighted by Crippen LogP contribution is -2.25. The number of carbonyl (C=O) groups is 1. The van der Waals surface area contributed by atoms with Crippen LogP contribution in [0.25, 0.3) is 5.82 Å². The predicted molar refractivity (Wildman–Crippen MR) is 109 cm³/mol. The van der Waals surface area contributed by atoms with Crippen LogP contribution in [0.4, 0.5) is 0 Å². The molecule has 4 aromatic rings. The van der Waals surface area contributed by atoms with Crippen LogP contribution < -0.4 is 10.1 Å². The van der Waals surface area contributed by atoms with E-state index in [4.69, 9.17) is 4.74 Å². The summed E-state index contributed by atoms with van der Waals surface area (Å²) in [6.45, 7) is 0.909. The van der Waals surface area contributed by atoms with Gasteiger partial charge in [-0.25, -0.2) is 4.68 Å². The van der Waals surface area contributed by atoms with E-state index >= 15 is 0 Å². The van der Waals surface area contributed by atoms with Gasteiger partial charge in [0.2, 0.25) is 0 Å². The molecule has 0 fully saturated rings. The number of ether oxygens (including phenoxy) is 1. The van der Waals surface area contributed by atoms with Crippen LogP contribution >= 0.6 is 0 Å². The molecule has 0 saturated heterocycles. The minimum Gasteiger partial charge on any atom is -0.497 e. The summed E-state index contributed by atoms with van der Waals surface area (Å²) in [5.41, 5.74) is 2.33. The summed E-state index contributed by atoms with van der Waals surface area (Å²) in [7, 11) is 1.64. The van der Waals surface area contributed by atoms with Crippen molar-refractivity contribution in [3.8, 4) is 11.6 Å². The smallest absolute Gasteiger partial charge is 0.276 e. The number of aromatic nitrogens is 4. The van der Waals surface area contributed by atoms with Crippen molar-refractivity contribution in [1.82, 2.24) is 24.9 Å². The van der Waals surface area contributed by atoms with Crippen molar-refractivity contribution in [2.45, 2.75) is 13.1 Å². The lowest BCUT2D eigenvalue weighted by atomic mass is 10.2. The minimum absolute atomic E-state index is 0.265. The molecule has 0 saturated carbocycles. The highest BCUT2D eigenvalue weighted by Gasteiger charge is 2.21. The first kappa shape index (κ1) is 18.5. The summed E-state index contributed by atoms with van der Waals surface area (Å²) in [5, 5.41) is 11.3. The van der Waals surface area contributed by atoms with Gasteiger partial charge in [0.25, 0.3) is 5.91 Å². The lowest BCUT2D eigenvalue weighted by molar-refractivity contribution is 0.0946. The van der Waals surface area contributed by atoms with E-state index in [0.29, 0.717) is 18.9 Å². The fourth-order valence-electron chi connectivity index (χ4n) is 3.06. The maximum Gasteiger partial charge on any atom is 0.276 e. The number of hydrogen-bond donors (Lipinski definition) is 1. The van der Waals surface area contributed by atoms with Crippen molar-refractivity contribution in [2.24, 2.45) is 0 Å². The molecule has 2 aromatic heterocycles. The number of rotatable bonds is 7. The molecule has 0 aliphatic rings. The summed E-state index contributed by atoms with van der Waals surface area (Å²) in [6.07, 6.45) is 3.74. The van der Waals surface area contributed by atoms with Crippen molar-refractivity contribution in [3.05, 3.63) is 95.9 Å². The van der Waals surface area contributed by atoms with E-state index < -0.39 is 0 Å². The van der Waals surface area contributed by atoms with Gasteiger partial charge in [-0.05, 0) is 35.4 Å². The largest absolute Gasteiger partial charge is 0.497 e. The number of nitrogens with one attached hydrogen (secondary N) is 1. The Morgan fingerprint density at radius 3 is 2.38 bits per heavy atom. The molecule has 4 rings (SSSR count). The summed E-state index contributed by atoms with van der Waals surface area (Å²) in [6, 6.07) is 21.3. The molecule has 0 atom stereocenters. The third-order valence-electron chi connectivity index (χ3n) is 4.56. The number of methoxy groups -OCH3 is 1. The zero-order valence-electron chi connectivity index (χ0n) is 16.0. The van der Waals surface area contributed by atoms with E-state index in [2.05, 4.69) is 15.6 Å². The Bertz CT molecular complexity index is 1070. The summed E-state index contributed by atoms with van der Waals surface area (Å²) < 4.78 is 8.78. The molecule has 1 N–H and O–H groups in total. The van der Waals surface area contributed by atoms with E-state index in [0.717, 1.165) is 16.9 Å². The van der Waals surface area contributed by atoms with Gasteiger partial charge in [0, 0.05) is 18.9 Å². The fourth-order valence-corrected chi connectivity index (χ4v) is 3.06. The SMILES string of the molecule is COc1ccc(Cn2nnc(C(=O)NCc3ccccc3)c2-n2cccc2)cc1. The monoisotopic (exact) mass is 387 g/mol. The third-order valence-corrected chi connectivity index (χ3v) is 4.56. The van der Waals surface area contributed by atoms with Gasteiger partial charge >= 0.3 is 0 Å². The molecule has 7 heteroatoms. The van der Waals surface area contributed by atoms with Crippen LogP contribution in [0.5, 0.6) is 5.75 Å². The lowest BCUT2D eigenvalue weighted by Gasteiger charge is -2.10. The van der Waals surface area contributed by atoms with Crippen LogP contribution in [0.15, 0.2) is 79.1 Å². The molecule has 2 heterocycles. The number of amides is 1. The summed E-state index contributed by atoms with van der Waals surface area (Å²) in [5.74, 6) is 1.15. The number of nitrogens with zero attached hydrogens (tertiary/aromatic N) is 4. The van der Waals surface area contributed by atoms with Crippen molar-refractivity contribution in [3.63, 3.8) is 0 Å². The average molecular weight is 387 g/mol. The van der Waals surface area contributed by atoms with Gasteiger partial charge < -0.3 is 14.6 Å². The number of benzene rings is 2. The van der Waals surface area contributed by atoms with Gasteiger partial charge in [-0.1, -0.05) is 47.7 Å². The van der Waals surface area contributed by atoms with Crippen molar-refractivity contribution in [1.29, 1.82) is 0 Å². The van der Waals surface area contributed by atoms with Gasteiger partial charge in [0.1, 0.15) is 5.75 Å². The van der Waals surface area contributed by atoms with Gasteiger partial charge in [-0.2, -0.15) is 0 Å². The molecule has 1 amide bonds. The Hall–Kier alpha value is -3.87. The number of hydrogen-bond acceptors (Lipinski definition) is 4. The third kappa shape index (κ3) is 4.19. The Balaban J connectivity index is 1.59. The van der Waals surface area contributed by atoms with Crippen LogP contribution in [0.3, 0.4) is 0 Å². The standard InChI is InChI=1S/C22H21N5O2/c1-29-19-11-9-18(10-12-19)16-27-22(26-13-5-6-14-26)20(24-25-27)21(28)23-15-17-7-3-2-4-8-17/h2-14H,15-16H2,1H3,(H,23,28). The predicted octanol–water partition coefficient (Wildman–Crippen LogP) is 3.06. The Morgan fingerprint density at radius 2 is 1.69 bits per heavy atom.